The van der Waals surface area contributed by atoms with Crippen molar-refractivity contribution >= 4 is 32.4 Å². The minimum absolute atomic E-state index is 0.0570. The molecular formula is C20H18N6O3S2. The van der Waals surface area contributed by atoms with Gasteiger partial charge in [0.1, 0.15) is 5.82 Å². The highest BCUT2D eigenvalue weighted by molar-refractivity contribution is 7.91. The molecule has 11 heteroatoms. The van der Waals surface area contributed by atoms with Gasteiger partial charge in [0.15, 0.2) is 0 Å². The SMILES string of the molecule is Cc1nccn1-c1ccccc1CNS(=O)(=O)c1nnc(NC(=O)c2ccccc2)s1. The minimum atomic E-state index is -3.92. The summed E-state index contributed by atoms with van der Waals surface area (Å²) in [5, 5.41) is 10.2. The lowest BCUT2D eigenvalue weighted by atomic mass is 10.2. The molecule has 1 amide bonds. The molecule has 0 fully saturated rings. The molecule has 0 aliphatic carbocycles. The quantitative estimate of drug-likeness (QED) is 0.415. The number of carbonyl (C=O) groups is 1. The predicted octanol–water partition coefficient (Wildman–Crippen LogP) is 2.76. The van der Waals surface area contributed by atoms with Crippen molar-refractivity contribution in [3.8, 4) is 5.69 Å². The molecule has 0 unspecified atom stereocenters. The summed E-state index contributed by atoms with van der Waals surface area (Å²) in [6.45, 7) is 1.93. The van der Waals surface area contributed by atoms with Crippen LogP contribution in [0.25, 0.3) is 5.69 Å². The van der Waals surface area contributed by atoms with Gasteiger partial charge in [0.05, 0.1) is 5.69 Å². The summed E-state index contributed by atoms with van der Waals surface area (Å²) in [7, 11) is -3.92. The first-order valence-electron chi connectivity index (χ1n) is 9.22. The van der Waals surface area contributed by atoms with Crippen molar-refractivity contribution in [3.05, 3.63) is 83.9 Å². The van der Waals surface area contributed by atoms with Crippen LogP contribution in [0.5, 0.6) is 0 Å². The number of imidazole rings is 1. The maximum absolute atomic E-state index is 12.7. The Morgan fingerprint density at radius 3 is 2.55 bits per heavy atom. The van der Waals surface area contributed by atoms with Crippen LogP contribution in [0.1, 0.15) is 21.7 Å². The normalized spacial score (nSPS) is 11.4. The number of hydrogen-bond donors (Lipinski definition) is 2. The number of anilines is 1. The largest absolute Gasteiger partial charge is 0.304 e. The van der Waals surface area contributed by atoms with Gasteiger partial charge >= 0.3 is 0 Å². The molecule has 4 rings (SSSR count). The van der Waals surface area contributed by atoms with Crippen molar-refractivity contribution in [2.45, 2.75) is 17.8 Å². The molecule has 158 valence electrons. The zero-order chi connectivity index (χ0) is 21.8. The van der Waals surface area contributed by atoms with E-state index in [0.717, 1.165) is 28.4 Å². The zero-order valence-corrected chi connectivity index (χ0v) is 18.0. The number of rotatable bonds is 7. The summed E-state index contributed by atoms with van der Waals surface area (Å²) in [6, 6.07) is 16.0. The lowest BCUT2D eigenvalue weighted by molar-refractivity contribution is 0.102. The first-order chi connectivity index (χ1) is 14.9. The predicted molar refractivity (Wildman–Crippen MR) is 117 cm³/mol. The maximum Gasteiger partial charge on any atom is 0.270 e. The van der Waals surface area contributed by atoms with Gasteiger partial charge in [-0.05, 0) is 30.7 Å². The van der Waals surface area contributed by atoms with Gasteiger partial charge in [-0.3, -0.25) is 10.1 Å². The maximum atomic E-state index is 12.7. The first-order valence-corrected chi connectivity index (χ1v) is 11.5. The number of aromatic nitrogens is 4. The number of nitrogens with one attached hydrogen (secondary N) is 2. The average molecular weight is 455 g/mol. The Morgan fingerprint density at radius 2 is 1.81 bits per heavy atom. The molecule has 0 bridgehead atoms. The van der Waals surface area contributed by atoms with Gasteiger partial charge in [0.2, 0.25) is 9.47 Å². The molecule has 4 aromatic rings. The van der Waals surface area contributed by atoms with Crippen LogP contribution in [0.15, 0.2) is 71.3 Å². The van der Waals surface area contributed by atoms with Gasteiger partial charge < -0.3 is 4.57 Å². The fraction of sp³-hybridized carbons (Fsp3) is 0.100. The van der Waals surface area contributed by atoms with Crippen molar-refractivity contribution in [2.75, 3.05) is 5.32 Å². The fourth-order valence-corrected chi connectivity index (χ4v) is 4.83. The summed E-state index contributed by atoms with van der Waals surface area (Å²) in [5.74, 6) is 0.400. The third-order valence-corrected chi connectivity index (χ3v) is 7.03. The van der Waals surface area contributed by atoms with E-state index in [9.17, 15) is 13.2 Å². The van der Waals surface area contributed by atoms with Gasteiger partial charge in [-0.15, -0.1) is 10.2 Å². The molecule has 0 spiro atoms. The lowest BCUT2D eigenvalue weighted by Crippen LogP contribution is -2.24. The van der Waals surface area contributed by atoms with E-state index >= 15 is 0 Å². The smallest absolute Gasteiger partial charge is 0.270 e. The van der Waals surface area contributed by atoms with Gasteiger partial charge in [-0.1, -0.05) is 47.7 Å². The highest BCUT2D eigenvalue weighted by atomic mass is 32.2. The molecule has 31 heavy (non-hydrogen) atoms. The number of benzene rings is 2. The molecule has 2 aromatic carbocycles. The Morgan fingerprint density at radius 1 is 1.06 bits per heavy atom. The van der Waals surface area contributed by atoms with E-state index in [4.69, 9.17) is 0 Å². The van der Waals surface area contributed by atoms with Crippen LogP contribution in [-0.2, 0) is 16.6 Å². The van der Waals surface area contributed by atoms with Crippen LogP contribution in [0, 0.1) is 6.92 Å². The molecule has 0 aliphatic rings. The highest BCUT2D eigenvalue weighted by Gasteiger charge is 2.21. The monoisotopic (exact) mass is 454 g/mol. The third kappa shape index (κ3) is 4.68. The summed E-state index contributed by atoms with van der Waals surface area (Å²) in [4.78, 5) is 16.4. The Kier molecular flexibility index (Phi) is 5.89. The first kappa shape index (κ1) is 20.8. The number of carbonyl (C=O) groups excluding carboxylic acids is 1. The molecule has 2 heterocycles. The van der Waals surface area contributed by atoms with Crippen LogP contribution in [0.3, 0.4) is 0 Å². The number of para-hydroxylation sites is 1. The van der Waals surface area contributed by atoms with Crippen molar-refractivity contribution in [1.29, 1.82) is 0 Å². The Bertz CT molecular complexity index is 1320. The number of aryl methyl sites for hydroxylation is 1. The second-order valence-electron chi connectivity index (χ2n) is 6.49. The van der Waals surface area contributed by atoms with E-state index in [1.165, 1.54) is 0 Å². The van der Waals surface area contributed by atoms with E-state index in [1.807, 2.05) is 42.0 Å². The number of nitrogens with zero attached hydrogens (tertiary/aromatic N) is 4. The lowest BCUT2D eigenvalue weighted by Gasteiger charge is -2.12. The molecule has 9 nitrogen and oxygen atoms in total. The number of sulfonamides is 1. The van der Waals surface area contributed by atoms with Crippen LogP contribution in [0.4, 0.5) is 5.13 Å². The van der Waals surface area contributed by atoms with Gasteiger partial charge in [-0.2, -0.15) is 0 Å². The van der Waals surface area contributed by atoms with Crippen molar-refractivity contribution in [2.24, 2.45) is 0 Å². The molecule has 0 aliphatic heterocycles. The molecular weight excluding hydrogens is 436 g/mol. The van der Waals surface area contributed by atoms with Gasteiger partial charge in [-0.25, -0.2) is 18.1 Å². The molecule has 0 radical (unpaired) electrons. The third-order valence-electron chi connectivity index (χ3n) is 4.42. The van der Waals surface area contributed by atoms with Crippen LogP contribution in [0.2, 0.25) is 0 Å². The van der Waals surface area contributed by atoms with Gasteiger partial charge in [0, 0.05) is 24.5 Å². The Labute approximate surface area is 182 Å². The summed E-state index contributed by atoms with van der Waals surface area (Å²) >= 11 is 0.783. The average Bonchev–Trinajstić information content (AvgIpc) is 3.42. The molecule has 2 aromatic heterocycles. The highest BCUT2D eigenvalue weighted by Crippen LogP contribution is 2.22. The van der Waals surface area contributed by atoms with Crippen LogP contribution < -0.4 is 10.0 Å². The molecule has 0 saturated carbocycles. The van der Waals surface area contributed by atoms with E-state index in [0.29, 0.717) is 5.56 Å². The fourth-order valence-electron chi connectivity index (χ4n) is 2.89. The Hall–Kier alpha value is -3.41. The van der Waals surface area contributed by atoms with Crippen LogP contribution in [-0.4, -0.2) is 34.1 Å². The van der Waals surface area contributed by atoms with E-state index in [1.54, 1.807) is 36.5 Å². The number of amides is 1. The van der Waals surface area contributed by atoms with E-state index in [-0.39, 0.29) is 16.0 Å². The second-order valence-corrected chi connectivity index (χ2v) is 9.41. The van der Waals surface area contributed by atoms with E-state index < -0.39 is 15.9 Å². The Balaban J connectivity index is 1.47. The summed E-state index contributed by atoms with van der Waals surface area (Å²) in [5.41, 5.74) is 2.04. The summed E-state index contributed by atoms with van der Waals surface area (Å²) < 4.78 is 29.6. The van der Waals surface area contributed by atoms with Crippen molar-refractivity contribution < 1.29 is 13.2 Å². The second kappa shape index (κ2) is 8.76. The topological polar surface area (TPSA) is 119 Å². The standard InChI is InChI=1S/C20H18N6O3S2/c1-14-21-11-12-26(14)17-10-6-5-9-16(17)13-22-31(28,29)20-25-24-19(30-20)23-18(27)15-7-3-2-4-8-15/h2-12,22H,13H2,1H3,(H,23,24,27). The molecule has 0 atom stereocenters. The van der Waals surface area contributed by atoms with Crippen molar-refractivity contribution in [3.63, 3.8) is 0 Å². The molecule has 0 saturated heterocycles. The summed E-state index contributed by atoms with van der Waals surface area (Å²) in [6.07, 6.45) is 3.50. The number of hydrogen-bond acceptors (Lipinski definition) is 7. The van der Waals surface area contributed by atoms with Gasteiger partial charge in [0.25, 0.3) is 15.9 Å². The van der Waals surface area contributed by atoms with E-state index in [2.05, 4.69) is 25.2 Å². The molecule has 2 N–H and O–H groups in total. The van der Waals surface area contributed by atoms with Crippen molar-refractivity contribution in [1.82, 2.24) is 24.5 Å². The zero-order valence-electron chi connectivity index (χ0n) is 16.4. The minimum Gasteiger partial charge on any atom is -0.304 e. The van der Waals surface area contributed by atoms with Crippen LogP contribution >= 0.6 is 11.3 Å².